The molecule has 3 aliphatic rings. The molecule has 5 atom stereocenters. The summed E-state index contributed by atoms with van der Waals surface area (Å²) in [5, 5.41) is 20.5. The maximum absolute atomic E-state index is 10.4. The average Bonchev–Trinajstić information content (AvgIpc) is 2.82. The Hall–Kier alpha value is -1.22. The van der Waals surface area contributed by atoms with E-state index in [1.807, 2.05) is 6.07 Å². The molecule has 2 N–H and O–H groups in total. The Balaban J connectivity index is 1.72. The zero-order chi connectivity index (χ0) is 15.5. The highest BCUT2D eigenvalue weighted by Crippen LogP contribution is 2.61. The molecule has 3 heteroatoms. The standard InChI is InChI=1S/C19H26O3/c1-19-8-7-12-13(15(19)5-6-18(19)21)4-3-11-9-16(20)17(22-2)10-14(11)12/h9-10,12-13,15,18,20-21H,3-8H2,1-2H3/t12?,13?,15?,18-,19-/m0/s1/i2-1. The van der Waals surface area contributed by atoms with Crippen molar-refractivity contribution >= 4 is 0 Å². The van der Waals surface area contributed by atoms with E-state index in [9.17, 15) is 10.2 Å². The topological polar surface area (TPSA) is 49.7 Å². The van der Waals surface area contributed by atoms with Gasteiger partial charge in [0.2, 0.25) is 0 Å². The third-order valence-corrected chi connectivity index (χ3v) is 6.97. The molecule has 1 aromatic carbocycles. The maximum Gasteiger partial charge on any atom is 0.160 e. The summed E-state index contributed by atoms with van der Waals surface area (Å²) in [4.78, 5) is 0. The van der Waals surface area contributed by atoms with E-state index in [0.717, 1.165) is 25.7 Å². The van der Waals surface area contributed by atoms with E-state index in [1.54, 1.807) is 7.11 Å². The Bertz CT molecular complexity index is 597. The number of rotatable bonds is 1. The van der Waals surface area contributed by atoms with Crippen LogP contribution in [0.2, 0.25) is 0 Å². The van der Waals surface area contributed by atoms with Crippen molar-refractivity contribution in [3.8, 4) is 11.5 Å². The molecule has 0 saturated heterocycles. The van der Waals surface area contributed by atoms with Crippen LogP contribution in [0, 0.1) is 17.3 Å². The van der Waals surface area contributed by atoms with Crippen LogP contribution in [0.15, 0.2) is 12.1 Å². The quantitative estimate of drug-likeness (QED) is 0.833. The fraction of sp³-hybridized carbons (Fsp3) is 0.684. The van der Waals surface area contributed by atoms with E-state index in [-0.39, 0.29) is 17.3 Å². The second kappa shape index (κ2) is 4.89. The van der Waals surface area contributed by atoms with Gasteiger partial charge >= 0.3 is 0 Å². The average molecular weight is 301 g/mol. The molecule has 2 fully saturated rings. The summed E-state index contributed by atoms with van der Waals surface area (Å²) in [5.41, 5.74) is 2.80. The first kappa shape index (κ1) is 14.4. The van der Waals surface area contributed by atoms with Crippen LogP contribution in [-0.2, 0) is 6.42 Å². The van der Waals surface area contributed by atoms with E-state index < -0.39 is 0 Å². The number of phenolic OH excluding ortho intramolecular Hbond substituents is 1. The third-order valence-electron chi connectivity index (χ3n) is 6.97. The Morgan fingerprint density at radius 3 is 2.77 bits per heavy atom. The minimum atomic E-state index is -0.116. The molecule has 0 radical (unpaired) electrons. The predicted molar refractivity (Wildman–Crippen MR) is 85.3 cm³/mol. The van der Waals surface area contributed by atoms with Gasteiger partial charge in [0, 0.05) is 0 Å². The zero-order valence-electron chi connectivity index (χ0n) is 13.5. The van der Waals surface area contributed by atoms with Gasteiger partial charge in [0.25, 0.3) is 0 Å². The van der Waals surface area contributed by atoms with Gasteiger partial charge < -0.3 is 14.9 Å². The second-order valence-corrected chi connectivity index (χ2v) is 7.78. The fourth-order valence-electron chi connectivity index (χ4n) is 5.72. The largest absolute Gasteiger partial charge is 0.504 e. The lowest BCUT2D eigenvalue weighted by atomic mass is 9.55. The molecule has 2 saturated carbocycles. The van der Waals surface area contributed by atoms with Gasteiger partial charge in [-0.15, -0.1) is 0 Å². The molecule has 0 spiro atoms. The molecular formula is C19H26O3. The molecule has 0 aromatic heterocycles. The number of benzene rings is 1. The van der Waals surface area contributed by atoms with Crippen LogP contribution in [0.1, 0.15) is 56.1 Å². The lowest BCUT2D eigenvalue weighted by Gasteiger charge is -2.50. The molecule has 3 nitrogen and oxygen atoms in total. The Labute approximate surface area is 132 Å². The first-order valence-electron chi connectivity index (χ1n) is 8.62. The smallest absolute Gasteiger partial charge is 0.160 e. The van der Waals surface area contributed by atoms with E-state index >= 15 is 0 Å². The molecule has 3 aliphatic carbocycles. The fourth-order valence-corrected chi connectivity index (χ4v) is 5.72. The van der Waals surface area contributed by atoms with Crippen LogP contribution in [0.4, 0.5) is 0 Å². The van der Waals surface area contributed by atoms with E-state index in [4.69, 9.17) is 4.74 Å². The molecule has 0 heterocycles. The van der Waals surface area contributed by atoms with Crippen molar-refractivity contribution in [2.45, 2.75) is 57.5 Å². The molecule has 0 amide bonds. The van der Waals surface area contributed by atoms with Crippen LogP contribution in [0.3, 0.4) is 0 Å². The minimum absolute atomic E-state index is 0.116. The lowest BCUT2D eigenvalue weighted by Crippen LogP contribution is -2.43. The van der Waals surface area contributed by atoms with E-state index in [0.29, 0.717) is 23.5 Å². The Kier molecular flexibility index (Phi) is 3.19. The van der Waals surface area contributed by atoms with Crippen molar-refractivity contribution < 1.29 is 14.9 Å². The molecule has 22 heavy (non-hydrogen) atoms. The highest BCUT2D eigenvalue weighted by atomic mass is 16.4. The number of ether oxygens (including phenoxy) is 1. The van der Waals surface area contributed by atoms with Crippen molar-refractivity contribution in [1.29, 1.82) is 0 Å². The molecular weight excluding hydrogens is 275 g/mol. The number of methoxy groups -OCH3 is 1. The number of aryl methyl sites for hydroxylation is 1. The number of hydrogen-bond acceptors (Lipinski definition) is 3. The lowest BCUT2D eigenvalue weighted by molar-refractivity contribution is -0.0226. The second-order valence-electron chi connectivity index (χ2n) is 7.78. The molecule has 0 bridgehead atoms. The number of aliphatic hydroxyl groups excluding tert-OH is 1. The summed E-state index contributed by atoms with van der Waals surface area (Å²) in [7, 11) is 1.62. The van der Waals surface area contributed by atoms with Gasteiger partial charge in [-0.1, -0.05) is 6.92 Å². The first-order valence-corrected chi connectivity index (χ1v) is 8.62. The van der Waals surface area contributed by atoms with Crippen LogP contribution in [0.5, 0.6) is 11.5 Å². The summed E-state index contributed by atoms with van der Waals surface area (Å²) in [6.07, 6.45) is 6.51. The molecule has 1 aromatic rings. The SMILES string of the molecule is C[C@]12CCC3c4cc(O[11CH3])c(O)cc4CCC3C1CC[C@@H]2O. The van der Waals surface area contributed by atoms with Crippen LogP contribution in [-0.4, -0.2) is 23.4 Å². The van der Waals surface area contributed by atoms with Gasteiger partial charge in [-0.3, -0.25) is 0 Å². The molecule has 0 aliphatic heterocycles. The maximum atomic E-state index is 10.4. The Morgan fingerprint density at radius 1 is 1.18 bits per heavy atom. The van der Waals surface area contributed by atoms with E-state index in [2.05, 4.69) is 13.0 Å². The van der Waals surface area contributed by atoms with Gasteiger partial charge in [-0.05, 0) is 85.0 Å². The van der Waals surface area contributed by atoms with Crippen LogP contribution in [0.25, 0.3) is 0 Å². The van der Waals surface area contributed by atoms with Crippen molar-refractivity contribution in [3.63, 3.8) is 0 Å². The van der Waals surface area contributed by atoms with Crippen LogP contribution < -0.4 is 4.74 Å². The monoisotopic (exact) mass is 301 g/mol. The van der Waals surface area contributed by atoms with Gasteiger partial charge in [0.1, 0.15) is 0 Å². The van der Waals surface area contributed by atoms with Crippen LogP contribution >= 0.6 is 0 Å². The van der Waals surface area contributed by atoms with Crippen molar-refractivity contribution in [2.75, 3.05) is 7.11 Å². The predicted octanol–water partition coefficient (Wildman–Crippen LogP) is 3.62. The Morgan fingerprint density at radius 2 is 2.00 bits per heavy atom. The van der Waals surface area contributed by atoms with Gasteiger partial charge in [-0.25, -0.2) is 0 Å². The summed E-state index contributed by atoms with van der Waals surface area (Å²) in [6, 6.07) is 3.97. The number of fused-ring (bicyclic) bond motifs is 5. The normalized spacial score (nSPS) is 39.8. The van der Waals surface area contributed by atoms with Crippen molar-refractivity contribution in [2.24, 2.45) is 17.3 Å². The summed E-state index contributed by atoms with van der Waals surface area (Å²) >= 11 is 0. The zero-order valence-corrected chi connectivity index (χ0v) is 13.5. The number of aromatic hydroxyl groups is 1. The molecule has 4 rings (SSSR count). The highest BCUT2D eigenvalue weighted by molar-refractivity contribution is 5.49. The van der Waals surface area contributed by atoms with Gasteiger partial charge in [0.05, 0.1) is 13.2 Å². The number of hydrogen-bond donors (Lipinski definition) is 2. The summed E-state index contributed by atoms with van der Waals surface area (Å²) in [5.74, 6) is 2.75. The van der Waals surface area contributed by atoms with Gasteiger partial charge in [0.15, 0.2) is 11.5 Å². The highest BCUT2D eigenvalue weighted by Gasteiger charge is 2.54. The van der Waals surface area contributed by atoms with Crippen molar-refractivity contribution in [1.82, 2.24) is 0 Å². The third kappa shape index (κ3) is 1.84. The summed E-state index contributed by atoms with van der Waals surface area (Å²) in [6.45, 7) is 2.30. The molecule has 120 valence electrons. The first-order chi connectivity index (χ1) is 10.5. The minimum Gasteiger partial charge on any atom is -0.504 e. The number of phenols is 1. The summed E-state index contributed by atoms with van der Waals surface area (Å²) < 4.78 is 5.32. The van der Waals surface area contributed by atoms with E-state index in [1.165, 1.54) is 24.0 Å². The van der Waals surface area contributed by atoms with Gasteiger partial charge in [-0.2, -0.15) is 0 Å². The number of aliphatic hydroxyl groups is 1. The molecule has 3 unspecified atom stereocenters. The van der Waals surface area contributed by atoms with Crippen molar-refractivity contribution in [3.05, 3.63) is 23.3 Å².